The van der Waals surface area contributed by atoms with Gasteiger partial charge in [0.1, 0.15) is 0 Å². The van der Waals surface area contributed by atoms with Crippen LogP contribution in [0.25, 0.3) is 0 Å². The Kier molecular flexibility index (Phi) is 5.13. The lowest BCUT2D eigenvalue weighted by molar-refractivity contribution is 0.584. The fraction of sp³-hybridized carbons (Fsp3) is 0.0714. The highest BCUT2D eigenvalue weighted by atomic mass is 127. The number of halogens is 1. The molecule has 4 nitrogen and oxygen atoms in total. The normalized spacial score (nSPS) is 11.7. The molecule has 6 heteroatoms. The van der Waals surface area contributed by atoms with Crippen LogP contribution in [0.1, 0.15) is 11.1 Å². The summed E-state index contributed by atoms with van der Waals surface area (Å²) in [7, 11) is -3.46. The first-order valence-electron chi connectivity index (χ1n) is 5.87. The summed E-state index contributed by atoms with van der Waals surface area (Å²) >= 11 is 2.19. The van der Waals surface area contributed by atoms with Crippen LogP contribution >= 0.6 is 22.6 Å². The van der Waals surface area contributed by atoms with Crippen molar-refractivity contribution in [2.75, 3.05) is 0 Å². The summed E-state index contributed by atoms with van der Waals surface area (Å²) in [4.78, 5) is 2.21. The van der Waals surface area contributed by atoms with E-state index in [1.807, 2.05) is 30.3 Å². The van der Waals surface area contributed by atoms with Crippen molar-refractivity contribution in [3.8, 4) is 0 Å². The molecule has 0 atom stereocenters. The van der Waals surface area contributed by atoms with E-state index in [0.29, 0.717) is 0 Å². The van der Waals surface area contributed by atoms with E-state index in [1.165, 1.54) is 6.21 Å². The quantitative estimate of drug-likeness (QED) is 0.477. The molecule has 0 radical (unpaired) electrons. The summed E-state index contributed by atoms with van der Waals surface area (Å²) in [6, 6.07) is 16.6. The molecule has 0 aliphatic carbocycles. The average molecular weight is 400 g/mol. The number of hydrogen-bond donors (Lipinski definition) is 1. The van der Waals surface area contributed by atoms with Crippen LogP contribution in [-0.2, 0) is 15.8 Å². The fourth-order valence-corrected chi connectivity index (χ4v) is 3.07. The Labute approximate surface area is 132 Å². The number of rotatable bonds is 5. The van der Waals surface area contributed by atoms with Crippen LogP contribution in [0.3, 0.4) is 0 Å². The van der Waals surface area contributed by atoms with Crippen LogP contribution in [0.15, 0.2) is 59.7 Å². The summed E-state index contributed by atoms with van der Waals surface area (Å²) in [6.07, 6.45) is 1.49. The summed E-state index contributed by atoms with van der Waals surface area (Å²) in [5.74, 6) is -0.0858. The maximum absolute atomic E-state index is 11.8. The van der Waals surface area contributed by atoms with Gasteiger partial charge < -0.3 is 0 Å². The maximum Gasteiger partial charge on any atom is 0.251 e. The summed E-state index contributed by atoms with van der Waals surface area (Å²) in [5, 5.41) is 3.78. The minimum absolute atomic E-state index is 0.0858. The largest absolute Gasteiger partial charge is 0.251 e. The van der Waals surface area contributed by atoms with Gasteiger partial charge in [0.2, 0.25) is 0 Å². The molecule has 0 amide bonds. The lowest BCUT2D eigenvalue weighted by atomic mass is 10.2. The molecular formula is C14H13IN2O2S. The van der Waals surface area contributed by atoms with Gasteiger partial charge in [-0.25, -0.2) is 13.2 Å². The highest BCUT2D eigenvalue weighted by Crippen LogP contribution is 2.06. The highest BCUT2D eigenvalue weighted by molar-refractivity contribution is 14.1. The van der Waals surface area contributed by atoms with Gasteiger partial charge in [-0.1, -0.05) is 42.5 Å². The van der Waals surface area contributed by atoms with Crippen LogP contribution in [0, 0.1) is 3.57 Å². The third kappa shape index (κ3) is 4.93. The molecule has 1 N–H and O–H groups in total. The Morgan fingerprint density at radius 3 is 2.55 bits per heavy atom. The summed E-state index contributed by atoms with van der Waals surface area (Å²) in [5.41, 5.74) is 1.57. The van der Waals surface area contributed by atoms with Crippen molar-refractivity contribution in [1.29, 1.82) is 0 Å². The number of hydrazone groups is 1. The van der Waals surface area contributed by atoms with E-state index in [0.717, 1.165) is 14.7 Å². The molecule has 0 aromatic heterocycles. The molecule has 2 aromatic rings. The monoisotopic (exact) mass is 400 g/mol. The predicted molar refractivity (Wildman–Crippen MR) is 89.0 cm³/mol. The van der Waals surface area contributed by atoms with Crippen LogP contribution < -0.4 is 4.83 Å². The predicted octanol–water partition coefficient (Wildman–Crippen LogP) is 2.74. The molecule has 2 rings (SSSR count). The SMILES string of the molecule is O=S(=O)(Cc1ccccc1)N/N=C/c1cccc(I)c1. The van der Waals surface area contributed by atoms with Crippen molar-refractivity contribution in [2.45, 2.75) is 5.75 Å². The van der Waals surface area contributed by atoms with Crippen LogP contribution in [-0.4, -0.2) is 14.6 Å². The lowest BCUT2D eigenvalue weighted by Crippen LogP contribution is -2.20. The summed E-state index contributed by atoms with van der Waals surface area (Å²) < 4.78 is 24.7. The Morgan fingerprint density at radius 1 is 1.10 bits per heavy atom. The third-order valence-corrected chi connectivity index (χ3v) is 4.22. The van der Waals surface area contributed by atoms with E-state index in [2.05, 4.69) is 32.5 Å². The zero-order chi connectivity index (χ0) is 14.4. The van der Waals surface area contributed by atoms with Gasteiger partial charge in [-0.15, -0.1) is 0 Å². The lowest BCUT2D eigenvalue weighted by Gasteiger charge is -2.03. The molecule has 0 heterocycles. The molecule has 0 saturated heterocycles. The van der Waals surface area contributed by atoms with Crippen molar-refractivity contribution in [1.82, 2.24) is 4.83 Å². The maximum atomic E-state index is 11.8. The van der Waals surface area contributed by atoms with Crippen molar-refractivity contribution >= 4 is 38.8 Å². The first-order chi connectivity index (χ1) is 9.55. The van der Waals surface area contributed by atoms with Gasteiger partial charge in [0.15, 0.2) is 0 Å². The van der Waals surface area contributed by atoms with Crippen molar-refractivity contribution in [3.05, 3.63) is 69.3 Å². The van der Waals surface area contributed by atoms with E-state index >= 15 is 0 Å². The minimum atomic E-state index is -3.46. The molecule has 0 aliphatic heterocycles. The van der Waals surface area contributed by atoms with Crippen molar-refractivity contribution in [2.24, 2.45) is 5.10 Å². The smallest absolute Gasteiger partial charge is 0.205 e. The second-order valence-corrected chi connectivity index (χ2v) is 7.10. The molecule has 0 fully saturated rings. The van der Waals surface area contributed by atoms with Gasteiger partial charge in [-0.2, -0.15) is 5.10 Å². The number of hydrogen-bond acceptors (Lipinski definition) is 3. The Morgan fingerprint density at radius 2 is 1.85 bits per heavy atom. The molecule has 0 aliphatic rings. The second kappa shape index (κ2) is 6.85. The second-order valence-electron chi connectivity index (χ2n) is 4.15. The number of nitrogens with zero attached hydrogens (tertiary/aromatic N) is 1. The third-order valence-electron chi connectivity index (χ3n) is 2.45. The van der Waals surface area contributed by atoms with Gasteiger partial charge >= 0.3 is 0 Å². The van der Waals surface area contributed by atoms with Crippen LogP contribution in [0.2, 0.25) is 0 Å². The summed E-state index contributed by atoms with van der Waals surface area (Å²) in [6.45, 7) is 0. The van der Waals surface area contributed by atoms with Crippen molar-refractivity contribution in [3.63, 3.8) is 0 Å². The first-order valence-corrected chi connectivity index (χ1v) is 8.60. The van der Waals surface area contributed by atoms with Gasteiger partial charge in [0.25, 0.3) is 10.0 Å². The molecule has 2 aromatic carbocycles. The molecule has 0 bridgehead atoms. The van der Waals surface area contributed by atoms with Gasteiger partial charge in [0.05, 0.1) is 12.0 Å². The number of sulfonamides is 1. The topological polar surface area (TPSA) is 58.5 Å². The number of nitrogens with one attached hydrogen (secondary N) is 1. The van der Waals surface area contributed by atoms with E-state index in [1.54, 1.807) is 24.3 Å². The molecule has 20 heavy (non-hydrogen) atoms. The average Bonchev–Trinajstić information content (AvgIpc) is 2.39. The van der Waals surface area contributed by atoms with Crippen LogP contribution in [0.4, 0.5) is 0 Å². The molecule has 104 valence electrons. The molecule has 0 saturated carbocycles. The fourth-order valence-electron chi connectivity index (χ4n) is 1.59. The Hall–Kier alpha value is -1.41. The Bertz CT molecular complexity index is 700. The molecule has 0 unspecified atom stereocenters. The van der Waals surface area contributed by atoms with E-state index in [4.69, 9.17) is 0 Å². The van der Waals surface area contributed by atoms with Crippen molar-refractivity contribution < 1.29 is 8.42 Å². The van der Waals surface area contributed by atoms with Gasteiger partial charge in [0, 0.05) is 3.57 Å². The Balaban J connectivity index is 1.99. The van der Waals surface area contributed by atoms with E-state index in [9.17, 15) is 8.42 Å². The van der Waals surface area contributed by atoms with Gasteiger partial charge in [-0.3, -0.25) is 0 Å². The zero-order valence-electron chi connectivity index (χ0n) is 10.5. The van der Waals surface area contributed by atoms with E-state index in [-0.39, 0.29) is 5.75 Å². The zero-order valence-corrected chi connectivity index (χ0v) is 13.5. The number of benzene rings is 2. The minimum Gasteiger partial charge on any atom is -0.205 e. The standard InChI is InChI=1S/C14H13IN2O2S/c15-14-8-4-7-13(9-14)10-16-17-20(18,19)11-12-5-2-1-3-6-12/h1-10,17H,11H2/b16-10+. The molecule has 0 spiro atoms. The molecular weight excluding hydrogens is 387 g/mol. The van der Waals surface area contributed by atoms with E-state index < -0.39 is 10.0 Å². The highest BCUT2D eigenvalue weighted by Gasteiger charge is 2.09. The van der Waals surface area contributed by atoms with Gasteiger partial charge in [-0.05, 0) is 45.9 Å². The first kappa shape index (κ1) is 15.0. The van der Waals surface area contributed by atoms with Crippen LogP contribution in [0.5, 0.6) is 0 Å².